The Morgan fingerprint density at radius 3 is 1.97 bits per heavy atom. The lowest BCUT2D eigenvalue weighted by Crippen LogP contribution is -2.27. The van der Waals surface area contributed by atoms with Crippen LogP contribution in [0.4, 0.5) is 0 Å². The minimum absolute atomic E-state index is 0.116. The zero-order chi connectivity index (χ0) is 44.2. The zero-order valence-electron chi connectivity index (χ0n) is 39.1. The van der Waals surface area contributed by atoms with E-state index in [9.17, 15) is 14.7 Å². The molecule has 1 unspecified atom stereocenters. The Hall–Kier alpha value is -3.96. The van der Waals surface area contributed by atoms with Crippen LogP contribution in [0.25, 0.3) is 22.3 Å². The fraction of sp³-hybridized carbons (Fsp3) is 0.571. The summed E-state index contributed by atoms with van der Waals surface area (Å²) in [5, 5.41) is 10.5. The second-order valence-corrected chi connectivity index (χ2v) is 18.3. The Morgan fingerprint density at radius 2 is 1.36 bits per heavy atom. The van der Waals surface area contributed by atoms with Gasteiger partial charge < -0.3 is 14.6 Å². The molecular formula is C56H80O5. The molecule has 5 nitrogen and oxygen atoms in total. The third-order valence-corrected chi connectivity index (χ3v) is 13.6. The number of benzene rings is 3. The van der Waals surface area contributed by atoms with Gasteiger partial charge in [0.1, 0.15) is 5.75 Å². The van der Waals surface area contributed by atoms with Gasteiger partial charge in [-0.3, -0.25) is 4.79 Å². The van der Waals surface area contributed by atoms with Crippen LogP contribution >= 0.6 is 0 Å². The highest BCUT2D eigenvalue weighted by atomic mass is 16.5. The van der Waals surface area contributed by atoms with Gasteiger partial charge in [0.25, 0.3) is 0 Å². The third-order valence-electron chi connectivity index (χ3n) is 13.6. The van der Waals surface area contributed by atoms with E-state index in [0.29, 0.717) is 49.5 Å². The van der Waals surface area contributed by atoms with Crippen molar-refractivity contribution in [2.24, 2.45) is 11.3 Å². The molecule has 3 aromatic carbocycles. The van der Waals surface area contributed by atoms with Crippen LogP contribution in [0.2, 0.25) is 0 Å². The Morgan fingerprint density at radius 1 is 0.705 bits per heavy atom. The molecule has 0 spiro atoms. The summed E-state index contributed by atoms with van der Waals surface area (Å²) in [7, 11) is 0. The molecule has 4 rings (SSSR count). The van der Waals surface area contributed by atoms with E-state index >= 15 is 0 Å². The summed E-state index contributed by atoms with van der Waals surface area (Å²) in [6, 6.07) is 20.9. The number of Topliss-reactive ketones (excluding diaryl/α,β-unsaturated/α-hetero) is 1. The molecule has 1 N–H and O–H groups in total. The molecule has 0 radical (unpaired) electrons. The molecule has 5 heteroatoms. The van der Waals surface area contributed by atoms with E-state index in [4.69, 9.17) is 9.47 Å². The molecule has 0 heterocycles. The Balaban J connectivity index is 1.65. The monoisotopic (exact) mass is 833 g/mol. The van der Waals surface area contributed by atoms with Crippen LogP contribution in [0, 0.1) is 11.3 Å². The topological polar surface area (TPSA) is 72.8 Å². The highest BCUT2D eigenvalue weighted by Gasteiger charge is 2.27. The zero-order valence-corrected chi connectivity index (χ0v) is 39.1. The minimum atomic E-state index is -0.371. The maximum Gasteiger partial charge on any atom is 0.333 e. The number of ether oxygens (including phenoxy) is 2. The number of aliphatic hydroxyl groups excluding tert-OH is 1. The van der Waals surface area contributed by atoms with Crippen molar-refractivity contribution in [3.63, 3.8) is 0 Å². The number of carbonyl (C=O) groups is 2. The number of esters is 1. The fourth-order valence-electron chi connectivity index (χ4n) is 9.26. The first-order valence-corrected chi connectivity index (χ1v) is 24.1. The van der Waals surface area contributed by atoms with Crippen LogP contribution in [-0.4, -0.2) is 36.7 Å². The van der Waals surface area contributed by atoms with E-state index < -0.39 is 0 Å². The summed E-state index contributed by atoms with van der Waals surface area (Å²) >= 11 is 0. The molecule has 1 aliphatic rings. The first-order valence-electron chi connectivity index (χ1n) is 24.1. The van der Waals surface area contributed by atoms with Gasteiger partial charge in [0, 0.05) is 18.6 Å². The van der Waals surface area contributed by atoms with Crippen LogP contribution < -0.4 is 4.74 Å². The van der Waals surface area contributed by atoms with Crippen molar-refractivity contribution in [3.05, 3.63) is 101 Å². The Bertz CT molecular complexity index is 1780. The van der Waals surface area contributed by atoms with Gasteiger partial charge >= 0.3 is 5.97 Å². The summed E-state index contributed by atoms with van der Waals surface area (Å²) < 4.78 is 12.4. The van der Waals surface area contributed by atoms with Gasteiger partial charge in [-0.05, 0) is 177 Å². The van der Waals surface area contributed by atoms with Crippen molar-refractivity contribution in [2.75, 3.05) is 19.8 Å². The van der Waals surface area contributed by atoms with Gasteiger partial charge in [-0.2, -0.15) is 0 Å². The van der Waals surface area contributed by atoms with Crippen molar-refractivity contribution in [1.29, 1.82) is 0 Å². The number of unbranched alkanes of at least 4 members (excludes halogenated alkanes) is 4. The number of aryl methyl sites for hydroxylation is 3. The number of hydrogen-bond donors (Lipinski definition) is 1. The molecule has 0 aromatic heterocycles. The van der Waals surface area contributed by atoms with Crippen molar-refractivity contribution < 1.29 is 24.2 Å². The third kappa shape index (κ3) is 15.1. The second kappa shape index (κ2) is 25.8. The van der Waals surface area contributed by atoms with Gasteiger partial charge in [0.05, 0.1) is 13.2 Å². The average molecular weight is 833 g/mol. The number of ketones is 1. The molecular weight excluding hydrogens is 753 g/mol. The lowest BCUT2D eigenvalue weighted by atomic mass is 9.77. The van der Waals surface area contributed by atoms with Crippen molar-refractivity contribution in [2.45, 2.75) is 176 Å². The molecule has 0 bridgehead atoms. The van der Waals surface area contributed by atoms with Gasteiger partial charge in [-0.1, -0.05) is 122 Å². The van der Waals surface area contributed by atoms with E-state index in [0.717, 1.165) is 86.1 Å². The maximum absolute atomic E-state index is 12.5. The van der Waals surface area contributed by atoms with Crippen LogP contribution in [0.1, 0.15) is 179 Å². The molecule has 1 fully saturated rings. The molecule has 1 aliphatic carbocycles. The van der Waals surface area contributed by atoms with Gasteiger partial charge in [0.15, 0.2) is 5.78 Å². The number of carbonyl (C=O) groups excluding carboxylic acids is 2. The number of allylic oxidation sites excluding steroid dienone is 1. The van der Waals surface area contributed by atoms with Gasteiger partial charge in [-0.25, -0.2) is 4.79 Å². The summed E-state index contributed by atoms with van der Waals surface area (Å²) in [6.45, 7) is 20.9. The molecule has 334 valence electrons. The SMILES string of the molecule is C=C(C)C(=O)CCCCc1cc(-c2ccc(-c3ccc(C4CCC(CCCCC)CC4)cc3)cc2CC)cc(CCCOC(=O)C(=C)C)c1OCCC(CC)(CO)CCCC. The first kappa shape index (κ1) is 49.7. The molecule has 0 saturated heterocycles. The number of rotatable bonds is 28. The summed E-state index contributed by atoms with van der Waals surface area (Å²) in [5.41, 5.74) is 10.7. The molecule has 1 atom stereocenters. The van der Waals surface area contributed by atoms with Crippen LogP contribution in [0.15, 0.2) is 78.9 Å². The van der Waals surface area contributed by atoms with E-state index in [1.165, 1.54) is 79.2 Å². The molecule has 0 aliphatic heterocycles. The molecule has 3 aromatic rings. The van der Waals surface area contributed by atoms with Crippen LogP contribution in [-0.2, 0) is 33.6 Å². The van der Waals surface area contributed by atoms with E-state index in [1.54, 1.807) is 13.8 Å². The van der Waals surface area contributed by atoms with Crippen molar-refractivity contribution in [3.8, 4) is 28.0 Å². The van der Waals surface area contributed by atoms with Crippen LogP contribution in [0.5, 0.6) is 5.75 Å². The lowest BCUT2D eigenvalue weighted by Gasteiger charge is -2.31. The van der Waals surface area contributed by atoms with Gasteiger partial charge in [-0.15, -0.1) is 0 Å². The normalized spacial score (nSPS) is 16.2. The Labute approximate surface area is 370 Å². The highest BCUT2D eigenvalue weighted by Crippen LogP contribution is 2.40. The van der Waals surface area contributed by atoms with E-state index in [1.807, 2.05) is 0 Å². The summed E-state index contributed by atoms with van der Waals surface area (Å²) in [6.07, 6.45) is 20.7. The summed E-state index contributed by atoms with van der Waals surface area (Å²) in [5.74, 6) is 2.23. The molecule has 0 amide bonds. The summed E-state index contributed by atoms with van der Waals surface area (Å²) in [4.78, 5) is 24.7. The van der Waals surface area contributed by atoms with Gasteiger partial charge in [0.2, 0.25) is 0 Å². The van der Waals surface area contributed by atoms with Crippen LogP contribution in [0.3, 0.4) is 0 Å². The van der Waals surface area contributed by atoms with E-state index in [-0.39, 0.29) is 23.8 Å². The first-order chi connectivity index (χ1) is 29.5. The fourth-order valence-corrected chi connectivity index (χ4v) is 9.26. The largest absolute Gasteiger partial charge is 0.493 e. The standard InChI is InChI=1S/C56H80O5/c1-9-13-15-19-43-23-25-45(26-24-43)46-27-29-47(30-28-46)48-31-32-52(44(11-3)37-48)51-38-49(20-16-17-22-53(58)41(5)6)54(50(39-51)21-18-35-61-55(59)42(7)8)60-36-34-56(12-4,40-57)33-14-10-2/h27-32,37-39,43,45,57H,5,7,9-26,33-36,40H2,1-4,6,8H3. The molecule has 61 heavy (non-hydrogen) atoms. The predicted molar refractivity (Wildman–Crippen MR) is 256 cm³/mol. The minimum Gasteiger partial charge on any atom is -0.493 e. The maximum atomic E-state index is 12.5. The molecule has 1 saturated carbocycles. The highest BCUT2D eigenvalue weighted by molar-refractivity contribution is 5.94. The Kier molecular flexibility index (Phi) is 21.1. The smallest absolute Gasteiger partial charge is 0.333 e. The van der Waals surface area contributed by atoms with Crippen molar-refractivity contribution >= 4 is 11.8 Å². The van der Waals surface area contributed by atoms with E-state index in [2.05, 4.69) is 95.5 Å². The number of aliphatic hydroxyl groups is 1. The second-order valence-electron chi connectivity index (χ2n) is 18.3. The lowest BCUT2D eigenvalue weighted by molar-refractivity contribution is -0.139. The number of hydrogen-bond acceptors (Lipinski definition) is 5. The predicted octanol–water partition coefficient (Wildman–Crippen LogP) is 14.7. The van der Waals surface area contributed by atoms with Crippen molar-refractivity contribution in [1.82, 2.24) is 0 Å². The average Bonchev–Trinajstić information content (AvgIpc) is 3.28. The quantitative estimate of drug-likeness (QED) is 0.0448.